The van der Waals surface area contributed by atoms with Gasteiger partial charge >= 0.3 is 0 Å². The molecule has 0 radical (unpaired) electrons. The molecule has 1 atom stereocenters. The van der Waals surface area contributed by atoms with Gasteiger partial charge in [-0.2, -0.15) is 0 Å². The number of rotatable bonds is 5. The first-order valence-electron chi connectivity index (χ1n) is 6.27. The Hall–Kier alpha value is -0.820. The lowest BCUT2D eigenvalue weighted by atomic mass is 9.86. The molecule has 20 heavy (non-hydrogen) atoms. The molecule has 5 nitrogen and oxygen atoms in total. The predicted octanol–water partition coefficient (Wildman–Crippen LogP) is 2.00. The lowest BCUT2D eigenvalue weighted by Gasteiger charge is -2.31. The Morgan fingerprint density at radius 1 is 1.40 bits per heavy atom. The van der Waals surface area contributed by atoms with Gasteiger partial charge in [-0.25, -0.2) is 13.1 Å². The van der Waals surface area contributed by atoms with Crippen LogP contribution in [0.15, 0.2) is 23.1 Å². The second-order valence-corrected chi connectivity index (χ2v) is 7.77. The molecule has 1 rings (SSSR count). The molecular formula is C13H21ClN2O3S. The van der Waals surface area contributed by atoms with Crippen LogP contribution in [-0.2, 0) is 10.0 Å². The number of halogens is 1. The number of nitrogens with one attached hydrogen (secondary N) is 1. The number of sulfonamides is 1. The highest BCUT2D eigenvalue weighted by Gasteiger charge is 2.31. The summed E-state index contributed by atoms with van der Waals surface area (Å²) in [4.78, 5) is -0.117. The lowest BCUT2D eigenvalue weighted by Crippen LogP contribution is -2.44. The van der Waals surface area contributed by atoms with Crippen molar-refractivity contribution in [1.82, 2.24) is 4.72 Å². The third kappa shape index (κ3) is 4.09. The molecule has 0 fully saturated rings. The molecule has 1 unspecified atom stereocenters. The zero-order chi connectivity index (χ0) is 15.6. The van der Waals surface area contributed by atoms with Crippen molar-refractivity contribution in [2.45, 2.75) is 38.1 Å². The van der Waals surface area contributed by atoms with Crippen LogP contribution in [0.5, 0.6) is 0 Å². The Balaban J connectivity index is 3.17. The monoisotopic (exact) mass is 320 g/mol. The Labute approximate surface area is 125 Å². The number of benzene rings is 1. The van der Waals surface area contributed by atoms with E-state index < -0.39 is 16.1 Å². The fraction of sp³-hybridized carbons (Fsp3) is 0.538. The van der Waals surface area contributed by atoms with E-state index in [0.29, 0.717) is 6.42 Å². The summed E-state index contributed by atoms with van der Waals surface area (Å²) in [5.74, 6) is 0. The molecule has 1 aromatic carbocycles. The maximum atomic E-state index is 12.4. The van der Waals surface area contributed by atoms with Crippen molar-refractivity contribution in [2.75, 3.05) is 12.3 Å². The second kappa shape index (κ2) is 6.30. The minimum atomic E-state index is -3.84. The smallest absolute Gasteiger partial charge is 0.244 e. The summed E-state index contributed by atoms with van der Waals surface area (Å²) in [5.41, 5.74) is 5.47. The number of hydrogen-bond acceptors (Lipinski definition) is 4. The summed E-state index contributed by atoms with van der Waals surface area (Å²) in [7, 11) is -3.84. The largest absolute Gasteiger partial charge is 0.398 e. The number of anilines is 1. The molecular weight excluding hydrogens is 300 g/mol. The number of hydrogen-bond donors (Lipinski definition) is 3. The third-order valence-electron chi connectivity index (χ3n) is 3.03. The van der Waals surface area contributed by atoms with Gasteiger partial charge in [-0.15, -0.1) is 0 Å². The van der Waals surface area contributed by atoms with E-state index in [4.69, 9.17) is 22.4 Å². The first-order valence-corrected chi connectivity index (χ1v) is 8.13. The number of aliphatic hydroxyl groups is 1. The van der Waals surface area contributed by atoms with Crippen molar-refractivity contribution in [3.8, 4) is 0 Å². The van der Waals surface area contributed by atoms with Gasteiger partial charge in [0, 0.05) is 12.6 Å². The summed E-state index contributed by atoms with van der Waals surface area (Å²) in [6.45, 7) is 5.58. The van der Waals surface area contributed by atoms with Gasteiger partial charge in [0.1, 0.15) is 4.90 Å². The van der Waals surface area contributed by atoms with E-state index in [1.165, 1.54) is 12.1 Å². The van der Waals surface area contributed by atoms with Gasteiger partial charge in [0.15, 0.2) is 0 Å². The van der Waals surface area contributed by atoms with Gasteiger partial charge < -0.3 is 10.8 Å². The van der Waals surface area contributed by atoms with Crippen molar-refractivity contribution in [2.24, 2.45) is 5.41 Å². The molecule has 114 valence electrons. The Bertz CT molecular complexity index is 547. The van der Waals surface area contributed by atoms with Crippen molar-refractivity contribution < 1.29 is 13.5 Å². The molecule has 0 aliphatic heterocycles. The van der Waals surface area contributed by atoms with E-state index in [1.54, 1.807) is 6.07 Å². The molecule has 0 heterocycles. The van der Waals surface area contributed by atoms with Gasteiger partial charge in [-0.05, 0) is 24.0 Å². The second-order valence-electron chi connectivity index (χ2n) is 5.71. The Morgan fingerprint density at radius 2 is 2.00 bits per heavy atom. The topological polar surface area (TPSA) is 92.4 Å². The van der Waals surface area contributed by atoms with E-state index in [0.717, 1.165) is 0 Å². The average molecular weight is 321 g/mol. The van der Waals surface area contributed by atoms with Crippen LogP contribution >= 0.6 is 11.6 Å². The van der Waals surface area contributed by atoms with E-state index in [-0.39, 0.29) is 27.6 Å². The van der Waals surface area contributed by atoms with Gasteiger partial charge in [0.05, 0.1) is 10.7 Å². The molecule has 0 aliphatic rings. The zero-order valence-electron chi connectivity index (χ0n) is 11.9. The highest BCUT2D eigenvalue weighted by molar-refractivity contribution is 7.89. The van der Waals surface area contributed by atoms with Crippen LogP contribution in [0, 0.1) is 5.41 Å². The fourth-order valence-electron chi connectivity index (χ4n) is 1.85. The molecule has 7 heteroatoms. The summed E-state index contributed by atoms with van der Waals surface area (Å²) >= 11 is 5.94. The molecule has 4 N–H and O–H groups in total. The van der Waals surface area contributed by atoms with Crippen LogP contribution in [0.4, 0.5) is 5.69 Å². The molecule has 0 aromatic heterocycles. The SMILES string of the molecule is CC(C)(C)C(CCO)NS(=O)(=O)c1c(N)cccc1Cl. The van der Waals surface area contributed by atoms with E-state index in [9.17, 15) is 8.42 Å². The van der Waals surface area contributed by atoms with Crippen LogP contribution in [-0.4, -0.2) is 26.2 Å². The van der Waals surface area contributed by atoms with Gasteiger partial charge in [-0.3, -0.25) is 0 Å². The minimum Gasteiger partial charge on any atom is -0.398 e. The fourth-order valence-corrected chi connectivity index (χ4v) is 4.01. The third-order valence-corrected chi connectivity index (χ3v) is 5.04. The van der Waals surface area contributed by atoms with Crippen LogP contribution in [0.3, 0.4) is 0 Å². The number of nitrogen functional groups attached to an aromatic ring is 1. The van der Waals surface area contributed by atoms with Crippen molar-refractivity contribution in [3.63, 3.8) is 0 Å². The maximum Gasteiger partial charge on any atom is 0.244 e. The molecule has 1 aromatic rings. The van der Waals surface area contributed by atoms with Gasteiger partial charge in [-0.1, -0.05) is 38.4 Å². The minimum absolute atomic E-state index is 0.0779. The normalized spacial score (nSPS) is 14.2. The number of nitrogens with two attached hydrogens (primary N) is 1. The summed E-state index contributed by atoms with van der Waals surface area (Å²) in [5, 5.41) is 9.17. The van der Waals surface area contributed by atoms with E-state index in [1.807, 2.05) is 20.8 Å². The highest BCUT2D eigenvalue weighted by atomic mass is 35.5. The van der Waals surface area contributed by atoms with Crippen molar-refractivity contribution in [1.29, 1.82) is 0 Å². The molecule has 0 bridgehead atoms. The Morgan fingerprint density at radius 3 is 2.45 bits per heavy atom. The van der Waals surface area contributed by atoms with E-state index in [2.05, 4.69) is 4.72 Å². The first kappa shape index (κ1) is 17.2. The summed E-state index contributed by atoms with van der Waals surface area (Å²) in [6.07, 6.45) is 0.313. The molecule has 0 saturated carbocycles. The summed E-state index contributed by atoms with van der Waals surface area (Å²) < 4.78 is 27.5. The zero-order valence-corrected chi connectivity index (χ0v) is 13.4. The van der Waals surface area contributed by atoms with Crippen LogP contribution in [0.2, 0.25) is 5.02 Å². The van der Waals surface area contributed by atoms with Gasteiger partial charge in [0.2, 0.25) is 10.0 Å². The van der Waals surface area contributed by atoms with E-state index >= 15 is 0 Å². The predicted molar refractivity (Wildman–Crippen MR) is 81.1 cm³/mol. The first-order chi connectivity index (χ1) is 9.09. The van der Waals surface area contributed by atoms with Crippen molar-refractivity contribution >= 4 is 27.3 Å². The van der Waals surface area contributed by atoms with Crippen LogP contribution in [0.25, 0.3) is 0 Å². The maximum absolute atomic E-state index is 12.4. The average Bonchev–Trinajstić information content (AvgIpc) is 2.26. The molecule has 0 spiro atoms. The summed E-state index contributed by atoms with van der Waals surface area (Å²) in [6, 6.07) is 4.13. The standard InChI is InChI=1S/C13H21ClN2O3S/c1-13(2,3)11(7-8-17)16-20(18,19)12-9(14)5-4-6-10(12)15/h4-6,11,16-17H,7-8,15H2,1-3H3. The lowest BCUT2D eigenvalue weighted by molar-refractivity contribution is 0.214. The van der Waals surface area contributed by atoms with Crippen molar-refractivity contribution in [3.05, 3.63) is 23.2 Å². The molecule has 0 amide bonds. The quantitative estimate of drug-likeness (QED) is 0.723. The van der Waals surface area contributed by atoms with Crippen LogP contribution < -0.4 is 10.5 Å². The Kier molecular flexibility index (Phi) is 5.43. The molecule has 0 aliphatic carbocycles. The number of aliphatic hydroxyl groups excluding tert-OH is 1. The highest BCUT2D eigenvalue weighted by Crippen LogP contribution is 2.29. The van der Waals surface area contributed by atoms with Gasteiger partial charge in [0.25, 0.3) is 0 Å². The molecule has 0 saturated heterocycles. The van der Waals surface area contributed by atoms with Crippen LogP contribution in [0.1, 0.15) is 27.2 Å².